The van der Waals surface area contributed by atoms with Crippen molar-refractivity contribution in [1.29, 1.82) is 0 Å². The van der Waals surface area contributed by atoms with Gasteiger partial charge in [0.1, 0.15) is 0 Å². The van der Waals surface area contributed by atoms with Crippen molar-refractivity contribution in [2.45, 2.75) is 6.42 Å². The molecule has 0 unspecified atom stereocenters. The smallest absolute Gasteiger partial charge is 0.0349 e. The van der Waals surface area contributed by atoms with E-state index in [-0.39, 0.29) is 0 Å². The minimum atomic E-state index is 0.819. The molecule has 0 N–H and O–H groups in total. The first-order chi connectivity index (χ1) is 4.75. The Hall–Kier alpha value is 0.180. The maximum Gasteiger partial charge on any atom is 0.0349 e. The van der Waals surface area contributed by atoms with Crippen LogP contribution in [0.5, 0.6) is 0 Å². The summed E-state index contributed by atoms with van der Waals surface area (Å²) in [6.07, 6.45) is 0.819. The van der Waals surface area contributed by atoms with Crippen LogP contribution in [0.25, 0.3) is 0 Å². The largest absolute Gasteiger partial charge is 0.0608 e. The van der Waals surface area contributed by atoms with Crippen LogP contribution in [-0.4, -0.2) is 0 Å². The van der Waals surface area contributed by atoms with Crippen LogP contribution in [0, 0.1) is 6.92 Å². The molecule has 0 bridgehead atoms. The molecule has 0 nitrogen and oxygen atoms in total. The zero-order valence-electron chi connectivity index (χ0n) is 5.40. The molecular weight excluding hydrogens is 256 g/mol. The van der Waals surface area contributed by atoms with E-state index in [0.29, 0.717) is 0 Å². The van der Waals surface area contributed by atoms with E-state index in [9.17, 15) is 0 Å². The third-order valence-corrected chi connectivity index (χ3v) is 3.43. The highest BCUT2D eigenvalue weighted by Crippen LogP contribution is 2.26. The normalized spacial score (nSPS) is 9.90. The zero-order chi connectivity index (χ0) is 7.56. The Kier molecular flexibility index (Phi) is 2.93. The van der Waals surface area contributed by atoms with E-state index in [1.54, 1.807) is 0 Å². The van der Waals surface area contributed by atoms with Gasteiger partial charge >= 0.3 is 0 Å². The van der Waals surface area contributed by atoms with Gasteiger partial charge in [0.25, 0.3) is 0 Å². The Labute approximate surface area is 77.9 Å². The van der Waals surface area contributed by atoms with Gasteiger partial charge in [-0.05, 0) is 56.8 Å². The lowest BCUT2D eigenvalue weighted by Crippen LogP contribution is -1.81. The predicted molar refractivity (Wildman–Crippen MR) is 50.9 cm³/mol. The fourth-order valence-corrected chi connectivity index (χ4v) is 1.61. The third kappa shape index (κ3) is 1.61. The second-order valence-electron chi connectivity index (χ2n) is 1.96. The first kappa shape index (κ1) is 8.28. The number of hydrogen-bond donors (Lipinski definition) is 0. The average molecular weight is 263 g/mol. The van der Waals surface area contributed by atoms with Gasteiger partial charge in [0.2, 0.25) is 0 Å². The second-order valence-corrected chi connectivity index (χ2v) is 3.61. The molecule has 1 aromatic carbocycles. The van der Waals surface area contributed by atoms with E-state index in [2.05, 4.69) is 44.8 Å². The summed E-state index contributed by atoms with van der Waals surface area (Å²) in [5.74, 6) is 0. The Morgan fingerprint density at radius 1 is 1.30 bits per heavy atom. The van der Waals surface area contributed by atoms with Gasteiger partial charge in [0.15, 0.2) is 0 Å². The van der Waals surface area contributed by atoms with Gasteiger partial charge in [-0.1, -0.05) is 12.1 Å². The van der Waals surface area contributed by atoms with Gasteiger partial charge < -0.3 is 0 Å². The van der Waals surface area contributed by atoms with Crippen LogP contribution in [0.1, 0.15) is 5.56 Å². The molecule has 0 saturated heterocycles. The molecule has 0 amide bonds. The fourth-order valence-electron chi connectivity index (χ4n) is 0.742. The molecule has 1 radical (unpaired) electrons. The Morgan fingerprint density at radius 2 is 2.00 bits per heavy atom. The number of halogens is 2. The molecule has 0 spiro atoms. The lowest BCUT2D eigenvalue weighted by atomic mass is 10.2. The van der Waals surface area contributed by atoms with Gasteiger partial charge in [0.05, 0.1) is 0 Å². The highest BCUT2D eigenvalue weighted by atomic mass is 79.9. The summed E-state index contributed by atoms with van der Waals surface area (Å²) in [6, 6.07) is 6.07. The molecule has 0 saturated carbocycles. The maximum absolute atomic E-state index is 3.81. The number of benzene rings is 1. The molecule has 0 aliphatic rings. The van der Waals surface area contributed by atoms with E-state index in [1.807, 2.05) is 12.1 Å². The van der Waals surface area contributed by atoms with Crippen molar-refractivity contribution in [3.63, 3.8) is 0 Å². The highest BCUT2D eigenvalue weighted by molar-refractivity contribution is 9.13. The third-order valence-electron chi connectivity index (χ3n) is 1.30. The summed E-state index contributed by atoms with van der Waals surface area (Å²) in [6.45, 7) is 3.81. The molecule has 0 atom stereocenters. The molecule has 1 aromatic rings. The van der Waals surface area contributed by atoms with Gasteiger partial charge in [-0.3, -0.25) is 0 Å². The van der Waals surface area contributed by atoms with Gasteiger partial charge in [0, 0.05) is 8.95 Å². The van der Waals surface area contributed by atoms with Crippen LogP contribution >= 0.6 is 31.9 Å². The predicted octanol–water partition coefficient (Wildman–Crippen LogP) is 3.59. The van der Waals surface area contributed by atoms with Crippen LogP contribution in [0.15, 0.2) is 27.1 Å². The maximum atomic E-state index is 3.81. The van der Waals surface area contributed by atoms with Crippen LogP contribution in [0.3, 0.4) is 0 Å². The minimum absolute atomic E-state index is 0.819. The molecule has 0 aliphatic carbocycles. The molecule has 0 heterocycles. The second kappa shape index (κ2) is 3.54. The SMILES string of the molecule is [CH2]Cc1cccc(Br)c1Br. The lowest BCUT2D eigenvalue weighted by molar-refractivity contribution is 1.24. The topological polar surface area (TPSA) is 0 Å². The Bertz CT molecular complexity index is 231. The highest BCUT2D eigenvalue weighted by Gasteiger charge is 1.99. The first-order valence-corrected chi connectivity index (χ1v) is 4.56. The van der Waals surface area contributed by atoms with Crippen molar-refractivity contribution < 1.29 is 0 Å². The summed E-state index contributed by atoms with van der Waals surface area (Å²) >= 11 is 6.87. The van der Waals surface area contributed by atoms with Gasteiger partial charge in [-0.25, -0.2) is 0 Å². The Morgan fingerprint density at radius 3 is 2.50 bits per heavy atom. The number of rotatable bonds is 1. The van der Waals surface area contributed by atoms with Crippen LogP contribution in [0.4, 0.5) is 0 Å². The summed E-state index contributed by atoms with van der Waals surface area (Å²) in [5.41, 5.74) is 1.23. The van der Waals surface area contributed by atoms with E-state index in [0.717, 1.165) is 15.4 Å². The molecular formula is C8H7Br2. The molecule has 10 heavy (non-hydrogen) atoms. The van der Waals surface area contributed by atoms with Crippen molar-refractivity contribution in [2.75, 3.05) is 0 Å². The van der Waals surface area contributed by atoms with E-state index < -0.39 is 0 Å². The summed E-state index contributed by atoms with van der Waals surface area (Å²) in [5, 5.41) is 0. The molecule has 0 aromatic heterocycles. The standard InChI is InChI=1S/C8H7Br2/c1-2-6-4-3-5-7(9)8(6)10/h3-5H,1-2H2. The van der Waals surface area contributed by atoms with E-state index in [1.165, 1.54) is 5.56 Å². The van der Waals surface area contributed by atoms with Crippen LogP contribution < -0.4 is 0 Å². The molecule has 2 heteroatoms. The van der Waals surface area contributed by atoms with E-state index >= 15 is 0 Å². The van der Waals surface area contributed by atoms with Gasteiger partial charge in [-0.2, -0.15) is 0 Å². The van der Waals surface area contributed by atoms with Gasteiger partial charge in [-0.15, -0.1) is 0 Å². The quantitative estimate of drug-likeness (QED) is 0.726. The van der Waals surface area contributed by atoms with Crippen molar-refractivity contribution in [2.24, 2.45) is 0 Å². The number of hydrogen-bond acceptors (Lipinski definition) is 0. The molecule has 53 valence electrons. The van der Waals surface area contributed by atoms with Crippen LogP contribution in [-0.2, 0) is 6.42 Å². The summed E-state index contributed by atoms with van der Waals surface area (Å²) in [7, 11) is 0. The van der Waals surface area contributed by atoms with Crippen molar-refractivity contribution in [3.8, 4) is 0 Å². The fraction of sp³-hybridized carbons (Fsp3) is 0.125. The zero-order valence-corrected chi connectivity index (χ0v) is 8.57. The van der Waals surface area contributed by atoms with Crippen molar-refractivity contribution >= 4 is 31.9 Å². The van der Waals surface area contributed by atoms with Crippen molar-refractivity contribution in [3.05, 3.63) is 39.6 Å². The van der Waals surface area contributed by atoms with E-state index in [4.69, 9.17) is 0 Å². The Balaban J connectivity index is 3.14. The monoisotopic (exact) mass is 261 g/mol. The van der Waals surface area contributed by atoms with Crippen molar-refractivity contribution in [1.82, 2.24) is 0 Å². The average Bonchev–Trinajstić information content (AvgIpc) is 1.95. The molecule has 0 aliphatic heterocycles. The minimum Gasteiger partial charge on any atom is -0.0608 e. The summed E-state index contributed by atoms with van der Waals surface area (Å²) in [4.78, 5) is 0. The lowest BCUT2D eigenvalue weighted by Gasteiger charge is -2.01. The molecule has 1 rings (SSSR count). The first-order valence-electron chi connectivity index (χ1n) is 2.98. The summed E-state index contributed by atoms with van der Waals surface area (Å²) < 4.78 is 2.21. The van der Waals surface area contributed by atoms with Crippen LogP contribution in [0.2, 0.25) is 0 Å². The molecule has 0 fully saturated rings.